The van der Waals surface area contributed by atoms with Crippen LogP contribution in [0.4, 0.5) is 11.4 Å². The normalized spacial score (nSPS) is 16.2. The second-order valence-corrected chi connectivity index (χ2v) is 6.34. The van der Waals surface area contributed by atoms with Crippen LogP contribution in [0.2, 0.25) is 0 Å². The number of hydrogen-bond donors (Lipinski definition) is 2. The monoisotopic (exact) mass is 384 g/mol. The summed E-state index contributed by atoms with van der Waals surface area (Å²) >= 11 is 0. The van der Waals surface area contributed by atoms with Gasteiger partial charge in [0, 0.05) is 11.8 Å². The van der Waals surface area contributed by atoms with Gasteiger partial charge in [0.2, 0.25) is 5.91 Å². The van der Waals surface area contributed by atoms with Crippen molar-refractivity contribution in [2.45, 2.75) is 19.4 Å². The first-order chi connectivity index (χ1) is 13.3. The minimum Gasteiger partial charge on any atom is -0.497 e. The molecule has 2 amide bonds. The number of anilines is 2. The summed E-state index contributed by atoms with van der Waals surface area (Å²) in [5.74, 6) is -1.01. The summed E-state index contributed by atoms with van der Waals surface area (Å²) in [4.78, 5) is 37.7. The lowest BCUT2D eigenvalue weighted by molar-refractivity contribution is -0.121. The summed E-state index contributed by atoms with van der Waals surface area (Å²) in [5, 5.41) is 12.2. The third kappa shape index (κ3) is 3.48. The van der Waals surface area contributed by atoms with Crippen molar-refractivity contribution in [1.82, 2.24) is 0 Å². The van der Waals surface area contributed by atoms with Crippen molar-refractivity contribution in [3.63, 3.8) is 0 Å². The topological polar surface area (TPSA) is 105 Å². The van der Waals surface area contributed by atoms with Crippen LogP contribution in [0.15, 0.2) is 36.4 Å². The smallest absolute Gasteiger partial charge is 0.335 e. The van der Waals surface area contributed by atoms with Gasteiger partial charge in [-0.25, -0.2) is 9.69 Å². The molecule has 0 spiro atoms. The number of rotatable bonds is 6. The number of carboxylic acids is 1. The quantitative estimate of drug-likeness (QED) is 0.737. The maximum atomic E-state index is 12.9. The lowest BCUT2D eigenvalue weighted by Gasteiger charge is -2.19. The van der Waals surface area contributed by atoms with Crippen LogP contribution in [0, 0.1) is 6.92 Å². The summed E-state index contributed by atoms with van der Waals surface area (Å²) in [7, 11) is 2.95. The number of aromatic carboxylic acids is 1. The third-order valence-electron chi connectivity index (χ3n) is 4.59. The Kier molecular flexibility index (Phi) is 5.21. The second-order valence-electron chi connectivity index (χ2n) is 6.34. The van der Waals surface area contributed by atoms with Crippen molar-refractivity contribution >= 4 is 29.2 Å². The third-order valence-corrected chi connectivity index (χ3v) is 4.59. The minimum atomic E-state index is -1.07. The molecule has 1 saturated heterocycles. The van der Waals surface area contributed by atoms with E-state index in [2.05, 4.69) is 5.32 Å². The lowest BCUT2D eigenvalue weighted by Crippen LogP contribution is -2.35. The zero-order valence-corrected chi connectivity index (χ0v) is 15.7. The molecule has 1 atom stereocenters. The molecule has 1 aliphatic heterocycles. The van der Waals surface area contributed by atoms with Crippen LogP contribution in [-0.2, 0) is 9.59 Å². The highest BCUT2D eigenvalue weighted by molar-refractivity contribution is 6.23. The zero-order valence-electron chi connectivity index (χ0n) is 15.7. The Morgan fingerprint density at radius 1 is 1.14 bits per heavy atom. The van der Waals surface area contributed by atoms with Crippen molar-refractivity contribution in [3.05, 3.63) is 47.5 Å². The average Bonchev–Trinajstić information content (AvgIpc) is 2.95. The standard InChI is InChI=1S/C20H20N2O6/c1-11-4-5-12(20(25)26)8-14(11)21-15-10-18(23)22(19(15)24)16-7-6-13(27-2)9-17(16)28-3/h4-9,15,21H,10H2,1-3H3,(H,25,26). The molecule has 8 heteroatoms. The molecule has 1 heterocycles. The summed E-state index contributed by atoms with van der Waals surface area (Å²) in [5.41, 5.74) is 1.69. The van der Waals surface area contributed by atoms with Crippen LogP contribution in [0.5, 0.6) is 11.5 Å². The molecule has 2 N–H and O–H groups in total. The molecule has 2 aromatic carbocycles. The highest BCUT2D eigenvalue weighted by Crippen LogP contribution is 2.35. The Morgan fingerprint density at radius 3 is 2.54 bits per heavy atom. The first kappa shape index (κ1) is 19.2. The molecule has 8 nitrogen and oxygen atoms in total. The fraction of sp³-hybridized carbons (Fsp3) is 0.250. The highest BCUT2D eigenvalue weighted by Gasteiger charge is 2.41. The molecule has 1 unspecified atom stereocenters. The van der Waals surface area contributed by atoms with E-state index in [1.807, 2.05) is 0 Å². The van der Waals surface area contributed by atoms with Gasteiger partial charge in [-0.3, -0.25) is 9.59 Å². The van der Waals surface area contributed by atoms with Crippen molar-refractivity contribution in [3.8, 4) is 11.5 Å². The predicted molar refractivity (Wildman–Crippen MR) is 102 cm³/mol. The number of aryl methyl sites for hydroxylation is 1. The number of amides is 2. The van der Waals surface area contributed by atoms with Crippen molar-refractivity contribution in [2.24, 2.45) is 0 Å². The number of carboxylic acid groups (broad SMARTS) is 1. The number of carbonyl (C=O) groups excluding carboxylic acids is 2. The molecule has 1 aliphatic rings. The van der Waals surface area contributed by atoms with E-state index < -0.39 is 17.9 Å². The number of imide groups is 1. The van der Waals surface area contributed by atoms with Crippen LogP contribution in [0.3, 0.4) is 0 Å². The van der Waals surface area contributed by atoms with Gasteiger partial charge in [-0.1, -0.05) is 6.07 Å². The van der Waals surface area contributed by atoms with E-state index >= 15 is 0 Å². The molecule has 0 saturated carbocycles. The number of benzene rings is 2. The van der Waals surface area contributed by atoms with Crippen molar-refractivity contribution < 1.29 is 29.0 Å². The largest absolute Gasteiger partial charge is 0.497 e. The maximum absolute atomic E-state index is 12.9. The first-order valence-corrected chi connectivity index (χ1v) is 8.55. The Labute approximate surface area is 161 Å². The van der Waals surface area contributed by atoms with Crippen LogP contribution in [0.1, 0.15) is 22.3 Å². The van der Waals surface area contributed by atoms with Gasteiger partial charge in [-0.2, -0.15) is 0 Å². The van der Waals surface area contributed by atoms with Gasteiger partial charge in [0.05, 0.1) is 31.9 Å². The van der Waals surface area contributed by atoms with Crippen LogP contribution >= 0.6 is 0 Å². The van der Waals surface area contributed by atoms with Gasteiger partial charge in [0.1, 0.15) is 17.5 Å². The number of methoxy groups -OCH3 is 2. The first-order valence-electron chi connectivity index (χ1n) is 8.55. The van der Waals surface area contributed by atoms with E-state index in [0.29, 0.717) is 22.9 Å². The van der Waals surface area contributed by atoms with Crippen LogP contribution in [-0.4, -0.2) is 43.2 Å². The van der Waals surface area contributed by atoms with E-state index in [-0.39, 0.29) is 17.9 Å². The summed E-state index contributed by atoms with van der Waals surface area (Å²) in [6, 6.07) is 8.60. The molecular formula is C20H20N2O6. The highest BCUT2D eigenvalue weighted by atomic mass is 16.5. The summed E-state index contributed by atoms with van der Waals surface area (Å²) in [6.45, 7) is 1.79. The van der Waals surface area contributed by atoms with Crippen LogP contribution in [0.25, 0.3) is 0 Å². The van der Waals surface area contributed by atoms with Gasteiger partial charge in [-0.05, 0) is 36.8 Å². The van der Waals surface area contributed by atoms with Crippen LogP contribution < -0.4 is 19.7 Å². The molecule has 3 rings (SSSR count). The molecule has 2 aromatic rings. The van der Waals surface area contributed by atoms with E-state index in [0.717, 1.165) is 10.5 Å². The van der Waals surface area contributed by atoms with E-state index in [1.54, 1.807) is 31.2 Å². The minimum absolute atomic E-state index is 0.0508. The molecule has 1 fully saturated rings. The van der Waals surface area contributed by atoms with Gasteiger partial charge in [0.25, 0.3) is 5.91 Å². The number of hydrogen-bond acceptors (Lipinski definition) is 6. The number of carbonyl (C=O) groups is 3. The Bertz CT molecular complexity index is 956. The molecule has 0 aromatic heterocycles. The van der Waals surface area contributed by atoms with Gasteiger partial charge >= 0.3 is 5.97 Å². The van der Waals surface area contributed by atoms with E-state index in [1.165, 1.54) is 26.4 Å². The number of ether oxygens (including phenoxy) is 2. The zero-order chi connectivity index (χ0) is 20.4. The Hall–Kier alpha value is -3.55. The molecule has 146 valence electrons. The number of nitrogens with zero attached hydrogens (tertiary/aromatic N) is 1. The van der Waals surface area contributed by atoms with E-state index in [9.17, 15) is 14.4 Å². The molecular weight excluding hydrogens is 364 g/mol. The SMILES string of the molecule is COc1ccc(N2C(=O)CC(Nc3cc(C(=O)O)ccc3C)C2=O)c(OC)c1. The Morgan fingerprint density at radius 2 is 1.89 bits per heavy atom. The Balaban J connectivity index is 1.89. The lowest BCUT2D eigenvalue weighted by atomic mass is 10.1. The fourth-order valence-corrected chi connectivity index (χ4v) is 3.07. The predicted octanol–water partition coefficient (Wildman–Crippen LogP) is 2.45. The van der Waals surface area contributed by atoms with Gasteiger partial charge in [-0.15, -0.1) is 0 Å². The molecule has 28 heavy (non-hydrogen) atoms. The van der Waals surface area contributed by atoms with E-state index in [4.69, 9.17) is 14.6 Å². The van der Waals surface area contributed by atoms with Gasteiger partial charge < -0.3 is 19.9 Å². The second kappa shape index (κ2) is 7.59. The molecule has 0 radical (unpaired) electrons. The number of nitrogens with one attached hydrogen (secondary N) is 1. The molecule has 0 aliphatic carbocycles. The maximum Gasteiger partial charge on any atom is 0.335 e. The van der Waals surface area contributed by atoms with Gasteiger partial charge in [0.15, 0.2) is 0 Å². The summed E-state index contributed by atoms with van der Waals surface area (Å²) < 4.78 is 10.4. The van der Waals surface area contributed by atoms with Crippen molar-refractivity contribution in [2.75, 3.05) is 24.4 Å². The van der Waals surface area contributed by atoms with Crippen molar-refractivity contribution in [1.29, 1.82) is 0 Å². The average molecular weight is 384 g/mol. The fourth-order valence-electron chi connectivity index (χ4n) is 3.07. The summed E-state index contributed by atoms with van der Waals surface area (Å²) in [6.07, 6.45) is -0.0508. The molecule has 0 bridgehead atoms.